The lowest BCUT2D eigenvalue weighted by Gasteiger charge is -2.30. The second-order valence-corrected chi connectivity index (χ2v) is 8.69. The lowest BCUT2D eigenvalue weighted by molar-refractivity contribution is -0.122. The van der Waals surface area contributed by atoms with Crippen molar-refractivity contribution in [2.24, 2.45) is 5.92 Å². The SMILES string of the molecule is CC(=O)NC[C@@H]1CC[C@H](CC(=O)NCCCc2csc(N)n2)N1CC1CC1. The third-order valence-electron chi connectivity index (χ3n) is 5.45. The van der Waals surface area contributed by atoms with E-state index in [0.29, 0.717) is 36.7 Å². The van der Waals surface area contributed by atoms with E-state index in [9.17, 15) is 9.59 Å². The molecule has 2 aliphatic rings. The number of anilines is 1. The smallest absolute Gasteiger partial charge is 0.221 e. The molecule has 8 heteroatoms. The lowest BCUT2D eigenvalue weighted by Crippen LogP contribution is -2.45. The molecule has 2 atom stereocenters. The van der Waals surface area contributed by atoms with E-state index < -0.39 is 0 Å². The van der Waals surface area contributed by atoms with Crippen LogP contribution in [-0.2, 0) is 16.0 Å². The van der Waals surface area contributed by atoms with E-state index in [0.717, 1.165) is 43.8 Å². The van der Waals surface area contributed by atoms with Crippen LogP contribution >= 0.6 is 11.3 Å². The molecule has 1 aliphatic heterocycles. The predicted octanol–water partition coefficient (Wildman–Crippen LogP) is 1.54. The van der Waals surface area contributed by atoms with E-state index in [4.69, 9.17) is 5.73 Å². The number of nitrogen functional groups attached to an aromatic ring is 1. The van der Waals surface area contributed by atoms with Gasteiger partial charge in [0.1, 0.15) is 0 Å². The van der Waals surface area contributed by atoms with Crippen LogP contribution < -0.4 is 16.4 Å². The minimum Gasteiger partial charge on any atom is -0.375 e. The molecule has 3 rings (SSSR count). The maximum Gasteiger partial charge on any atom is 0.221 e. The molecule has 2 fully saturated rings. The monoisotopic (exact) mass is 393 g/mol. The Morgan fingerprint density at radius 1 is 1.26 bits per heavy atom. The fraction of sp³-hybridized carbons (Fsp3) is 0.737. The zero-order chi connectivity index (χ0) is 19.2. The Kier molecular flexibility index (Phi) is 7.07. The van der Waals surface area contributed by atoms with Crippen LogP contribution in [0, 0.1) is 5.92 Å². The molecule has 1 aromatic rings. The average molecular weight is 394 g/mol. The second kappa shape index (κ2) is 9.50. The number of carbonyl (C=O) groups is 2. The molecule has 1 saturated carbocycles. The zero-order valence-electron chi connectivity index (χ0n) is 16.1. The number of amides is 2. The summed E-state index contributed by atoms with van der Waals surface area (Å²) in [6.45, 7) is 3.98. The fourth-order valence-corrected chi connectivity index (χ4v) is 4.43. The Morgan fingerprint density at radius 2 is 2.04 bits per heavy atom. The Hall–Kier alpha value is -1.67. The number of thiazole rings is 1. The third-order valence-corrected chi connectivity index (χ3v) is 6.17. The van der Waals surface area contributed by atoms with Gasteiger partial charge in [-0.1, -0.05) is 0 Å². The van der Waals surface area contributed by atoms with Crippen LogP contribution in [0.15, 0.2) is 5.38 Å². The van der Waals surface area contributed by atoms with Crippen molar-refractivity contribution in [1.82, 2.24) is 20.5 Å². The molecule has 0 bridgehead atoms. The Morgan fingerprint density at radius 3 is 2.70 bits per heavy atom. The Labute approximate surface area is 165 Å². The van der Waals surface area contributed by atoms with Gasteiger partial charge in [0, 0.05) is 50.4 Å². The summed E-state index contributed by atoms with van der Waals surface area (Å²) >= 11 is 1.45. The van der Waals surface area contributed by atoms with Gasteiger partial charge in [-0.3, -0.25) is 14.5 Å². The molecule has 1 saturated heterocycles. The first-order valence-electron chi connectivity index (χ1n) is 9.98. The molecule has 1 aliphatic carbocycles. The van der Waals surface area contributed by atoms with Crippen molar-refractivity contribution >= 4 is 28.3 Å². The van der Waals surface area contributed by atoms with Gasteiger partial charge in [-0.2, -0.15) is 0 Å². The summed E-state index contributed by atoms with van der Waals surface area (Å²) in [7, 11) is 0. The van der Waals surface area contributed by atoms with E-state index in [-0.39, 0.29) is 11.8 Å². The van der Waals surface area contributed by atoms with E-state index in [1.807, 2.05) is 5.38 Å². The number of nitrogens with zero attached hydrogens (tertiary/aromatic N) is 2. The van der Waals surface area contributed by atoms with Crippen molar-refractivity contribution in [2.75, 3.05) is 25.4 Å². The number of aryl methyl sites for hydroxylation is 1. The summed E-state index contributed by atoms with van der Waals surface area (Å²) in [5.74, 6) is 0.919. The molecular formula is C19H31N5O2S. The molecule has 2 heterocycles. The van der Waals surface area contributed by atoms with Gasteiger partial charge in [0.05, 0.1) is 5.69 Å². The van der Waals surface area contributed by atoms with E-state index in [2.05, 4.69) is 20.5 Å². The second-order valence-electron chi connectivity index (χ2n) is 7.80. The van der Waals surface area contributed by atoms with Gasteiger partial charge in [-0.15, -0.1) is 11.3 Å². The fourth-order valence-electron chi connectivity index (χ4n) is 3.83. The van der Waals surface area contributed by atoms with Crippen molar-refractivity contribution in [3.05, 3.63) is 11.1 Å². The van der Waals surface area contributed by atoms with Crippen LogP contribution in [-0.4, -0.2) is 53.4 Å². The van der Waals surface area contributed by atoms with Gasteiger partial charge in [-0.05, 0) is 44.4 Å². The first-order valence-corrected chi connectivity index (χ1v) is 10.9. The van der Waals surface area contributed by atoms with E-state index >= 15 is 0 Å². The van der Waals surface area contributed by atoms with Crippen LogP contribution in [0.4, 0.5) is 5.13 Å². The van der Waals surface area contributed by atoms with Crippen LogP contribution in [0.25, 0.3) is 0 Å². The maximum atomic E-state index is 12.4. The van der Waals surface area contributed by atoms with Crippen molar-refractivity contribution in [2.45, 2.75) is 64.0 Å². The molecule has 1 aromatic heterocycles. The predicted molar refractivity (Wildman–Crippen MR) is 107 cm³/mol. The average Bonchev–Trinajstić information content (AvgIpc) is 3.23. The molecular weight excluding hydrogens is 362 g/mol. The highest BCUT2D eigenvalue weighted by Gasteiger charge is 2.37. The van der Waals surface area contributed by atoms with Gasteiger partial charge < -0.3 is 16.4 Å². The molecule has 0 aromatic carbocycles. The number of rotatable bonds is 10. The van der Waals surface area contributed by atoms with Crippen molar-refractivity contribution in [1.29, 1.82) is 0 Å². The Bertz CT molecular complexity index is 646. The normalized spacial score (nSPS) is 22.7. The van der Waals surface area contributed by atoms with Crippen LogP contribution in [0.3, 0.4) is 0 Å². The minimum absolute atomic E-state index is 0.0180. The van der Waals surface area contributed by atoms with Gasteiger partial charge in [0.2, 0.25) is 11.8 Å². The summed E-state index contributed by atoms with van der Waals surface area (Å²) in [6, 6.07) is 0.658. The molecule has 0 unspecified atom stereocenters. The topological polar surface area (TPSA) is 100 Å². The van der Waals surface area contributed by atoms with E-state index in [1.165, 1.54) is 24.2 Å². The molecule has 27 heavy (non-hydrogen) atoms. The van der Waals surface area contributed by atoms with Crippen molar-refractivity contribution in [3.63, 3.8) is 0 Å². The first kappa shape index (κ1) is 20.1. The molecule has 0 spiro atoms. The van der Waals surface area contributed by atoms with Gasteiger partial charge in [-0.25, -0.2) is 4.98 Å². The minimum atomic E-state index is 0.0180. The van der Waals surface area contributed by atoms with Gasteiger partial charge in [0.15, 0.2) is 5.13 Å². The maximum absolute atomic E-state index is 12.4. The summed E-state index contributed by atoms with van der Waals surface area (Å²) < 4.78 is 0. The molecule has 4 N–H and O–H groups in total. The number of nitrogens with two attached hydrogens (primary N) is 1. The summed E-state index contributed by atoms with van der Waals surface area (Å²) in [4.78, 5) is 30.4. The highest BCUT2D eigenvalue weighted by Crippen LogP contribution is 2.35. The first-order chi connectivity index (χ1) is 13.0. The molecule has 7 nitrogen and oxygen atoms in total. The molecule has 0 radical (unpaired) electrons. The molecule has 150 valence electrons. The summed E-state index contributed by atoms with van der Waals surface area (Å²) in [6.07, 6.45) is 6.93. The van der Waals surface area contributed by atoms with Crippen LogP contribution in [0.5, 0.6) is 0 Å². The Balaban J connectivity index is 1.40. The van der Waals surface area contributed by atoms with Gasteiger partial charge >= 0.3 is 0 Å². The molecule has 2 amide bonds. The number of aromatic nitrogens is 1. The standard InChI is InChI=1S/C19H31N5O2S/c1-13(25)22-10-17-7-6-16(24(17)11-14-4-5-14)9-18(26)21-8-2-3-15-12-27-19(20)23-15/h12,14,16-17H,2-11H2,1H3,(H2,20,23)(H,21,26)(H,22,25)/t16-,17+/m1/s1. The number of likely N-dealkylation sites (tertiary alicyclic amines) is 1. The largest absolute Gasteiger partial charge is 0.375 e. The van der Waals surface area contributed by atoms with E-state index in [1.54, 1.807) is 6.92 Å². The quantitative estimate of drug-likeness (QED) is 0.524. The number of hydrogen-bond donors (Lipinski definition) is 3. The summed E-state index contributed by atoms with van der Waals surface area (Å²) in [5, 5.41) is 8.57. The van der Waals surface area contributed by atoms with Gasteiger partial charge in [0.25, 0.3) is 0 Å². The lowest BCUT2D eigenvalue weighted by atomic mass is 10.1. The zero-order valence-corrected chi connectivity index (χ0v) is 16.9. The summed E-state index contributed by atoms with van der Waals surface area (Å²) in [5.41, 5.74) is 6.63. The third kappa shape index (κ3) is 6.46. The van der Waals surface area contributed by atoms with Crippen molar-refractivity contribution < 1.29 is 9.59 Å². The van der Waals surface area contributed by atoms with Crippen LogP contribution in [0.1, 0.15) is 51.1 Å². The highest BCUT2D eigenvalue weighted by molar-refractivity contribution is 7.13. The van der Waals surface area contributed by atoms with Crippen molar-refractivity contribution in [3.8, 4) is 0 Å². The highest BCUT2D eigenvalue weighted by atomic mass is 32.1. The number of hydrogen-bond acceptors (Lipinski definition) is 6. The number of nitrogens with one attached hydrogen (secondary N) is 2. The number of carbonyl (C=O) groups excluding carboxylic acids is 2. The van der Waals surface area contributed by atoms with Crippen LogP contribution in [0.2, 0.25) is 0 Å².